The van der Waals surface area contributed by atoms with Gasteiger partial charge in [-0.1, -0.05) is 95.5 Å². The van der Waals surface area contributed by atoms with Crippen molar-refractivity contribution in [3.8, 4) is 0 Å². The average Bonchev–Trinajstić information content (AvgIpc) is 3.14. The topological polar surface area (TPSA) is 54.9 Å². The van der Waals surface area contributed by atoms with Crippen LogP contribution in [-0.2, 0) is 4.79 Å². The van der Waals surface area contributed by atoms with Crippen molar-refractivity contribution < 1.29 is 4.79 Å². The second-order valence-electron chi connectivity index (χ2n) is 5.56. The Morgan fingerprint density at radius 1 is 0.962 bits per heavy atom. The first-order valence-electron chi connectivity index (χ1n) is 8.12. The van der Waals surface area contributed by atoms with Gasteiger partial charge in [0.2, 0.25) is 5.91 Å². The molecule has 0 aliphatic heterocycles. The lowest BCUT2D eigenvalue weighted by Gasteiger charge is -2.21. The number of hydrogen-bond donors (Lipinski definition) is 1. The highest BCUT2D eigenvalue weighted by Crippen LogP contribution is 2.31. The molecule has 7 heteroatoms. The molecule has 1 heterocycles. The van der Waals surface area contributed by atoms with E-state index in [0.29, 0.717) is 0 Å². The number of amides is 1. The summed E-state index contributed by atoms with van der Waals surface area (Å²) in [7, 11) is 0. The number of carbonyl (C=O) groups is 1. The maximum atomic E-state index is 12.8. The summed E-state index contributed by atoms with van der Waals surface area (Å²) in [5.41, 5.74) is 2.12. The third kappa shape index (κ3) is 4.87. The van der Waals surface area contributed by atoms with Gasteiger partial charge in [-0.25, -0.2) is 0 Å². The first-order valence-corrected chi connectivity index (χ1v) is 11.0. The van der Waals surface area contributed by atoms with E-state index < -0.39 is 0 Å². The fourth-order valence-corrected chi connectivity index (χ4v) is 5.03. The number of benzene rings is 2. The third-order valence-corrected chi connectivity index (χ3v) is 6.84. The molecule has 0 spiro atoms. The van der Waals surface area contributed by atoms with Gasteiger partial charge in [-0.15, -0.1) is 10.2 Å². The van der Waals surface area contributed by atoms with Crippen molar-refractivity contribution in [2.45, 2.75) is 26.9 Å². The van der Waals surface area contributed by atoms with Crippen molar-refractivity contribution in [3.05, 3.63) is 71.8 Å². The zero-order valence-electron chi connectivity index (χ0n) is 14.5. The molecule has 0 saturated heterocycles. The first-order chi connectivity index (χ1) is 12.7. The van der Waals surface area contributed by atoms with Gasteiger partial charge in [0.15, 0.2) is 8.68 Å². The molecule has 0 aliphatic rings. The normalized spacial score (nSPS) is 12.1. The van der Waals surface area contributed by atoms with Crippen molar-refractivity contribution in [1.82, 2.24) is 15.5 Å². The lowest BCUT2D eigenvalue weighted by molar-refractivity contribution is -0.120. The molecule has 26 heavy (non-hydrogen) atoms. The van der Waals surface area contributed by atoms with Crippen molar-refractivity contribution in [2.75, 3.05) is 6.26 Å². The second-order valence-corrected chi connectivity index (χ2v) is 9.18. The van der Waals surface area contributed by atoms with E-state index in [-0.39, 0.29) is 17.2 Å². The van der Waals surface area contributed by atoms with Crippen LogP contribution in [0.15, 0.2) is 69.3 Å². The Hall–Kier alpha value is -1.83. The van der Waals surface area contributed by atoms with Gasteiger partial charge in [0.1, 0.15) is 0 Å². The van der Waals surface area contributed by atoms with Gasteiger partial charge >= 0.3 is 0 Å². The summed E-state index contributed by atoms with van der Waals surface area (Å²) in [6.45, 7) is 1.90. The number of rotatable bonds is 7. The molecule has 4 nitrogen and oxygen atoms in total. The molecule has 0 aliphatic carbocycles. The second kappa shape index (κ2) is 9.21. The van der Waals surface area contributed by atoms with E-state index in [1.807, 2.05) is 73.8 Å². The molecule has 0 saturated carbocycles. The number of carbonyl (C=O) groups excluding carboxylic acids is 1. The zero-order chi connectivity index (χ0) is 18.4. The summed E-state index contributed by atoms with van der Waals surface area (Å²) in [5, 5.41) is 11.1. The first kappa shape index (κ1) is 18.9. The average molecular weight is 402 g/mol. The lowest BCUT2D eigenvalue weighted by Crippen LogP contribution is -2.34. The molecule has 0 bridgehead atoms. The maximum absolute atomic E-state index is 12.8. The lowest BCUT2D eigenvalue weighted by atomic mass is 9.98. The third-order valence-electron chi connectivity index (χ3n) is 3.76. The van der Waals surface area contributed by atoms with E-state index in [1.165, 1.54) is 23.1 Å². The van der Waals surface area contributed by atoms with Crippen LogP contribution in [0.3, 0.4) is 0 Å². The highest BCUT2D eigenvalue weighted by Gasteiger charge is 2.22. The minimum Gasteiger partial charge on any atom is -0.344 e. The van der Waals surface area contributed by atoms with Gasteiger partial charge in [-0.05, 0) is 24.3 Å². The van der Waals surface area contributed by atoms with Gasteiger partial charge in [-0.3, -0.25) is 4.79 Å². The summed E-state index contributed by atoms with van der Waals surface area (Å²) < 4.78 is 1.72. The molecule has 1 unspecified atom stereocenters. The van der Waals surface area contributed by atoms with Crippen LogP contribution in [0.4, 0.5) is 0 Å². The van der Waals surface area contributed by atoms with E-state index in [4.69, 9.17) is 0 Å². The Kier molecular flexibility index (Phi) is 6.71. The largest absolute Gasteiger partial charge is 0.344 e. The van der Waals surface area contributed by atoms with Gasteiger partial charge in [0.05, 0.1) is 11.3 Å². The molecular formula is C19H19N3OS3. The highest BCUT2D eigenvalue weighted by molar-refractivity contribution is 8.03. The highest BCUT2D eigenvalue weighted by atomic mass is 32.2. The Labute approximate surface area is 165 Å². The molecule has 3 rings (SSSR count). The van der Waals surface area contributed by atoms with E-state index in [1.54, 1.807) is 11.8 Å². The number of nitrogens with one attached hydrogen (secondary N) is 1. The van der Waals surface area contributed by atoms with Crippen LogP contribution in [0.5, 0.6) is 0 Å². The van der Waals surface area contributed by atoms with Crippen LogP contribution in [0.1, 0.15) is 24.1 Å². The predicted octanol–water partition coefficient (Wildman–Crippen LogP) is 4.65. The monoisotopic (exact) mass is 401 g/mol. The van der Waals surface area contributed by atoms with Crippen LogP contribution >= 0.6 is 34.9 Å². The van der Waals surface area contributed by atoms with Gasteiger partial charge < -0.3 is 5.32 Å². The quantitative estimate of drug-likeness (QED) is 0.584. The van der Waals surface area contributed by atoms with Crippen LogP contribution < -0.4 is 5.32 Å². The fraction of sp³-hybridized carbons (Fsp3) is 0.211. The van der Waals surface area contributed by atoms with Gasteiger partial charge in [-0.2, -0.15) is 0 Å². The Balaban J connectivity index is 1.74. The number of thioether (sulfide) groups is 2. The zero-order valence-corrected chi connectivity index (χ0v) is 16.9. The summed E-state index contributed by atoms with van der Waals surface area (Å²) in [4.78, 5) is 12.8. The van der Waals surface area contributed by atoms with Crippen LogP contribution in [0.25, 0.3) is 0 Å². The number of nitrogens with zero attached hydrogens (tertiary/aromatic N) is 2. The molecule has 2 aromatic carbocycles. The fourth-order valence-electron chi connectivity index (χ4n) is 2.44. The van der Waals surface area contributed by atoms with Crippen molar-refractivity contribution in [1.29, 1.82) is 0 Å². The molecule has 1 amide bonds. The molecular weight excluding hydrogens is 382 g/mol. The molecule has 1 aromatic heterocycles. The van der Waals surface area contributed by atoms with E-state index in [0.717, 1.165) is 19.8 Å². The molecule has 134 valence electrons. The molecule has 0 radical (unpaired) electrons. The molecule has 0 fully saturated rings. The Morgan fingerprint density at radius 2 is 1.50 bits per heavy atom. The minimum absolute atomic E-state index is 0.0198. The van der Waals surface area contributed by atoms with Crippen molar-refractivity contribution >= 4 is 40.8 Å². The molecule has 3 aromatic rings. The summed E-state index contributed by atoms with van der Waals surface area (Å²) >= 11 is 4.52. The van der Waals surface area contributed by atoms with E-state index >= 15 is 0 Å². The smallest absolute Gasteiger partial charge is 0.234 e. The minimum atomic E-state index is -0.257. The predicted molar refractivity (Wildman–Crippen MR) is 110 cm³/mol. The molecule has 1 N–H and O–H groups in total. The number of aromatic nitrogens is 2. The standard InChI is InChI=1S/C19H19N3OS3/c1-13(25-19-22-21-18(24-2)26-19)17(23)20-16(14-9-5-3-6-10-14)15-11-7-4-8-12-15/h3-13,16H,1-2H3,(H,20,23). The maximum Gasteiger partial charge on any atom is 0.234 e. The Bertz CT molecular complexity index is 800. The van der Waals surface area contributed by atoms with Gasteiger partial charge in [0, 0.05) is 0 Å². The van der Waals surface area contributed by atoms with Crippen LogP contribution in [0, 0.1) is 0 Å². The summed E-state index contributed by atoms with van der Waals surface area (Å²) in [6, 6.07) is 19.9. The van der Waals surface area contributed by atoms with E-state index in [2.05, 4.69) is 15.5 Å². The summed E-state index contributed by atoms with van der Waals surface area (Å²) in [5.74, 6) is -0.0198. The molecule has 1 atom stereocenters. The number of hydrogen-bond acceptors (Lipinski definition) is 6. The van der Waals surface area contributed by atoms with Gasteiger partial charge in [0.25, 0.3) is 0 Å². The Morgan fingerprint density at radius 3 is 2.00 bits per heavy atom. The van der Waals surface area contributed by atoms with Crippen LogP contribution in [0.2, 0.25) is 0 Å². The van der Waals surface area contributed by atoms with Crippen LogP contribution in [-0.4, -0.2) is 27.6 Å². The summed E-state index contributed by atoms with van der Waals surface area (Å²) in [6.07, 6.45) is 1.97. The van der Waals surface area contributed by atoms with E-state index in [9.17, 15) is 4.79 Å². The SMILES string of the molecule is CSc1nnc(SC(C)C(=O)NC(c2ccccc2)c2ccccc2)s1. The van der Waals surface area contributed by atoms with Crippen molar-refractivity contribution in [2.24, 2.45) is 0 Å². The van der Waals surface area contributed by atoms with Crippen molar-refractivity contribution in [3.63, 3.8) is 0 Å².